The van der Waals surface area contributed by atoms with Crippen molar-refractivity contribution in [2.24, 2.45) is 0 Å². The van der Waals surface area contributed by atoms with Crippen LogP contribution in [0.3, 0.4) is 0 Å². The van der Waals surface area contributed by atoms with E-state index in [1.54, 1.807) is 24.3 Å². The van der Waals surface area contributed by atoms with E-state index in [4.69, 9.17) is 10.2 Å². The number of hydrogen-bond acceptors (Lipinski definition) is 3. The Morgan fingerprint density at radius 1 is 1.28 bits per heavy atom. The second kappa shape index (κ2) is 4.85. The van der Waals surface area contributed by atoms with Gasteiger partial charge in [0.25, 0.3) is 0 Å². The van der Waals surface area contributed by atoms with Crippen molar-refractivity contribution in [3.05, 3.63) is 58.0 Å². The summed E-state index contributed by atoms with van der Waals surface area (Å²) >= 11 is 0. The van der Waals surface area contributed by atoms with Crippen LogP contribution in [0.2, 0.25) is 0 Å². The average molecular weight is 245 g/mol. The number of aliphatic hydroxyl groups is 1. The highest BCUT2D eigenvalue weighted by Crippen LogP contribution is 2.23. The Morgan fingerprint density at radius 2 is 2.06 bits per heavy atom. The van der Waals surface area contributed by atoms with E-state index in [9.17, 15) is 9.59 Å². The van der Waals surface area contributed by atoms with Gasteiger partial charge in [0.2, 0.25) is 5.56 Å². The molecule has 0 unspecified atom stereocenters. The normalized spacial score (nSPS) is 10.3. The number of carboxylic acid groups (broad SMARTS) is 1. The summed E-state index contributed by atoms with van der Waals surface area (Å²) in [4.78, 5) is 24.7. The SMILES string of the molecule is O=C(O)c1cc(=O)[nH]cc1-c1cccc(CO)c1. The van der Waals surface area contributed by atoms with Crippen molar-refractivity contribution in [2.75, 3.05) is 0 Å². The molecule has 0 saturated carbocycles. The predicted octanol–water partition coefficient (Wildman–Crippen LogP) is 1.23. The molecule has 0 aliphatic rings. The molecule has 1 heterocycles. The van der Waals surface area contributed by atoms with Crippen molar-refractivity contribution in [3.8, 4) is 11.1 Å². The fourth-order valence-electron chi connectivity index (χ4n) is 1.72. The molecule has 0 atom stereocenters. The van der Waals surface area contributed by atoms with Crippen LogP contribution in [0.1, 0.15) is 15.9 Å². The molecule has 5 heteroatoms. The predicted molar refractivity (Wildman–Crippen MR) is 65.4 cm³/mol. The third kappa shape index (κ3) is 2.31. The van der Waals surface area contributed by atoms with Crippen molar-refractivity contribution in [2.45, 2.75) is 6.61 Å². The first-order valence-electron chi connectivity index (χ1n) is 5.28. The van der Waals surface area contributed by atoms with Gasteiger partial charge in [0.05, 0.1) is 12.2 Å². The molecule has 3 N–H and O–H groups in total. The first-order chi connectivity index (χ1) is 8.61. The summed E-state index contributed by atoms with van der Waals surface area (Å²) in [6.45, 7) is -0.125. The monoisotopic (exact) mass is 245 g/mol. The molecule has 0 bridgehead atoms. The van der Waals surface area contributed by atoms with Gasteiger partial charge in [-0.05, 0) is 17.2 Å². The summed E-state index contributed by atoms with van der Waals surface area (Å²) in [5, 5.41) is 18.1. The number of aromatic amines is 1. The van der Waals surface area contributed by atoms with Gasteiger partial charge in [-0.25, -0.2) is 4.79 Å². The van der Waals surface area contributed by atoms with E-state index >= 15 is 0 Å². The number of H-pyrrole nitrogens is 1. The summed E-state index contributed by atoms with van der Waals surface area (Å²) in [7, 11) is 0. The zero-order valence-corrected chi connectivity index (χ0v) is 9.38. The Balaban J connectivity index is 2.62. The van der Waals surface area contributed by atoms with Gasteiger partial charge < -0.3 is 15.2 Å². The van der Waals surface area contributed by atoms with E-state index in [0.717, 1.165) is 6.07 Å². The summed E-state index contributed by atoms with van der Waals surface area (Å²) in [5.41, 5.74) is 1.20. The van der Waals surface area contributed by atoms with Crippen LogP contribution in [0.5, 0.6) is 0 Å². The minimum absolute atomic E-state index is 0.0613. The highest BCUT2D eigenvalue weighted by atomic mass is 16.4. The third-order valence-corrected chi connectivity index (χ3v) is 2.58. The Hall–Kier alpha value is -2.40. The topological polar surface area (TPSA) is 90.4 Å². The molecule has 0 aliphatic carbocycles. The largest absolute Gasteiger partial charge is 0.478 e. The van der Waals surface area contributed by atoms with Crippen molar-refractivity contribution in [3.63, 3.8) is 0 Å². The number of nitrogens with one attached hydrogen (secondary N) is 1. The molecule has 2 rings (SSSR count). The number of carbonyl (C=O) groups is 1. The Morgan fingerprint density at radius 3 is 2.72 bits per heavy atom. The lowest BCUT2D eigenvalue weighted by atomic mass is 10.0. The molecule has 2 aromatic rings. The molecule has 0 amide bonds. The van der Waals surface area contributed by atoms with Crippen LogP contribution in [-0.2, 0) is 6.61 Å². The second-order valence-corrected chi connectivity index (χ2v) is 3.79. The maximum absolute atomic E-state index is 11.1. The molecule has 1 aromatic heterocycles. The number of benzene rings is 1. The van der Waals surface area contributed by atoms with Crippen LogP contribution in [0, 0.1) is 0 Å². The molecule has 5 nitrogen and oxygen atoms in total. The molecular formula is C13H11NO4. The summed E-state index contributed by atoms with van der Waals surface area (Å²) in [6, 6.07) is 7.90. The van der Waals surface area contributed by atoms with Crippen LogP contribution in [0.15, 0.2) is 41.3 Å². The number of aromatic carboxylic acids is 1. The average Bonchev–Trinajstić information content (AvgIpc) is 2.38. The molecule has 0 spiro atoms. The minimum atomic E-state index is -1.16. The van der Waals surface area contributed by atoms with E-state index < -0.39 is 11.5 Å². The van der Waals surface area contributed by atoms with E-state index in [1.165, 1.54) is 6.20 Å². The number of aromatic nitrogens is 1. The number of rotatable bonds is 3. The van der Waals surface area contributed by atoms with Gasteiger partial charge in [-0.2, -0.15) is 0 Å². The lowest BCUT2D eigenvalue weighted by Crippen LogP contribution is -2.10. The van der Waals surface area contributed by atoms with Gasteiger partial charge in [-0.15, -0.1) is 0 Å². The van der Waals surface area contributed by atoms with Gasteiger partial charge >= 0.3 is 5.97 Å². The van der Waals surface area contributed by atoms with Crippen molar-refractivity contribution in [1.82, 2.24) is 4.98 Å². The van der Waals surface area contributed by atoms with Crippen LogP contribution in [-0.4, -0.2) is 21.2 Å². The molecule has 18 heavy (non-hydrogen) atoms. The second-order valence-electron chi connectivity index (χ2n) is 3.79. The molecular weight excluding hydrogens is 234 g/mol. The Kier molecular flexibility index (Phi) is 3.25. The molecule has 0 radical (unpaired) electrons. The van der Waals surface area contributed by atoms with Gasteiger partial charge in [0, 0.05) is 17.8 Å². The maximum atomic E-state index is 11.1. The fourth-order valence-corrected chi connectivity index (χ4v) is 1.72. The summed E-state index contributed by atoms with van der Waals surface area (Å²) in [5.74, 6) is -1.16. The maximum Gasteiger partial charge on any atom is 0.336 e. The van der Waals surface area contributed by atoms with E-state index in [1.807, 2.05) is 0 Å². The lowest BCUT2D eigenvalue weighted by molar-refractivity contribution is 0.0697. The van der Waals surface area contributed by atoms with Crippen molar-refractivity contribution < 1.29 is 15.0 Å². The van der Waals surface area contributed by atoms with Crippen LogP contribution >= 0.6 is 0 Å². The van der Waals surface area contributed by atoms with Crippen LogP contribution < -0.4 is 5.56 Å². The standard InChI is InChI=1S/C13H11NO4/c15-7-8-2-1-3-9(4-8)11-6-14-12(16)5-10(11)13(17)18/h1-6,15H,7H2,(H,14,16)(H,17,18). The first kappa shape index (κ1) is 12.1. The highest BCUT2D eigenvalue weighted by Gasteiger charge is 2.12. The number of hydrogen-bond donors (Lipinski definition) is 3. The van der Waals surface area contributed by atoms with Gasteiger partial charge in [-0.3, -0.25) is 4.79 Å². The van der Waals surface area contributed by atoms with Crippen molar-refractivity contribution in [1.29, 1.82) is 0 Å². The molecule has 1 aromatic carbocycles. The zero-order chi connectivity index (χ0) is 13.1. The quantitative estimate of drug-likeness (QED) is 0.758. The number of pyridine rings is 1. The molecule has 0 aliphatic heterocycles. The Bertz CT molecular complexity index is 645. The highest BCUT2D eigenvalue weighted by molar-refractivity contribution is 5.95. The van der Waals surface area contributed by atoms with Crippen molar-refractivity contribution >= 4 is 5.97 Å². The fraction of sp³-hybridized carbons (Fsp3) is 0.0769. The van der Waals surface area contributed by atoms with Gasteiger partial charge in [-0.1, -0.05) is 18.2 Å². The number of aliphatic hydroxyl groups excluding tert-OH is 1. The van der Waals surface area contributed by atoms with Crippen LogP contribution in [0.25, 0.3) is 11.1 Å². The van der Waals surface area contributed by atoms with E-state index in [0.29, 0.717) is 16.7 Å². The van der Waals surface area contributed by atoms with Crippen LogP contribution in [0.4, 0.5) is 0 Å². The first-order valence-corrected chi connectivity index (χ1v) is 5.28. The Labute approximate surface area is 102 Å². The summed E-state index contributed by atoms with van der Waals surface area (Å²) < 4.78 is 0. The molecule has 0 saturated heterocycles. The molecule has 0 fully saturated rings. The molecule has 92 valence electrons. The smallest absolute Gasteiger partial charge is 0.336 e. The minimum Gasteiger partial charge on any atom is -0.478 e. The summed E-state index contributed by atoms with van der Waals surface area (Å²) in [6.07, 6.45) is 1.36. The zero-order valence-electron chi connectivity index (χ0n) is 9.38. The third-order valence-electron chi connectivity index (χ3n) is 2.58. The van der Waals surface area contributed by atoms with Gasteiger partial charge in [0.15, 0.2) is 0 Å². The van der Waals surface area contributed by atoms with Gasteiger partial charge in [0.1, 0.15) is 0 Å². The lowest BCUT2D eigenvalue weighted by Gasteiger charge is -2.06. The van der Waals surface area contributed by atoms with E-state index in [-0.39, 0.29) is 12.2 Å². The van der Waals surface area contributed by atoms with E-state index in [2.05, 4.69) is 4.98 Å². The number of carboxylic acids is 1.